The first-order chi connectivity index (χ1) is 11.7. The minimum atomic E-state index is 0.600. The standard InChI is InChI=1S/C19H31ClN2O2/c1-4-10-24-19-17(20)11-15(12-18(19)23-6-3)13-21-14-16-8-7-9-22(16)5-2/h11-12,16,21H,4-10,13-14H2,1-3H3/t16-/m0/s1. The molecule has 0 unspecified atom stereocenters. The van der Waals surface area contributed by atoms with Gasteiger partial charge in [0.25, 0.3) is 0 Å². The highest BCUT2D eigenvalue weighted by Crippen LogP contribution is 2.36. The summed E-state index contributed by atoms with van der Waals surface area (Å²) >= 11 is 6.42. The minimum Gasteiger partial charge on any atom is -0.490 e. The van der Waals surface area contributed by atoms with Crippen molar-refractivity contribution in [2.75, 3.05) is 32.8 Å². The lowest BCUT2D eigenvalue weighted by Gasteiger charge is -2.23. The highest BCUT2D eigenvalue weighted by atomic mass is 35.5. The van der Waals surface area contributed by atoms with Crippen LogP contribution in [0.3, 0.4) is 0 Å². The van der Waals surface area contributed by atoms with Crippen LogP contribution in [0.15, 0.2) is 12.1 Å². The van der Waals surface area contributed by atoms with Crippen LogP contribution in [0.5, 0.6) is 11.5 Å². The summed E-state index contributed by atoms with van der Waals surface area (Å²) in [5.41, 5.74) is 1.13. The number of nitrogens with zero attached hydrogens (tertiary/aromatic N) is 1. The highest BCUT2D eigenvalue weighted by Gasteiger charge is 2.22. The van der Waals surface area contributed by atoms with Crippen molar-refractivity contribution in [3.63, 3.8) is 0 Å². The van der Waals surface area contributed by atoms with Gasteiger partial charge in [-0.05, 0) is 57.0 Å². The Labute approximate surface area is 151 Å². The molecule has 4 nitrogen and oxygen atoms in total. The fourth-order valence-corrected chi connectivity index (χ4v) is 3.54. The number of hydrogen-bond acceptors (Lipinski definition) is 4. The average molecular weight is 355 g/mol. The number of halogens is 1. The molecule has 1 aliphatic heterocycles. The van der Waals surface area contributed by atoms with Crippen LogP contribution in [0.4, 0.5) is 0 Å². The maximum Gasteiger partial charge on any atom is 0.179 e. The van der Waals surface area contributed by atoms with Crippen LogP contribution in [0.25, 0.3) is 0 Å². The third-order valence-electron chi connectivity index (χ3n) is 4.43. The van der Waals surface area contributed by atoms with E-state index in [-0.39, 0.29) is 0 Å². The maximum atomic E-state index is 6.42. The number of hydrogen-bond donors (Lipinski definition) is 1. The van der Waals surface area contributed by atoms with Gasteiger partial charge in [-0.3, -0.25) is 4.90 Å². The summed E-state index contributed by atoms with van der Waals surface area (Å²) in [6, 6.07) is 4.68. The van der Waals surface area contributed by atoms with Crippen molar-refractivity contribution in [3.05, 3.63) is 22.7 Å². The fraction of sp³-hybridized carbons (Fsp3) is 0.684. The van der Waals surface area contributed by atoms with Crippen LogP contribution in [-0.4, -0.2) is 43.8 Å². The van der Waals surface area contributed by atoms with Gasteiger partial charge in [0, 0.05) is 19.1 Å². The van der Waals surface area contributed by atoms with Crippen LogP contribution in [0.2, 0.25) is 5.02 Å². The van der Waals surface area contributed by atoms with E-state index in [4.69, 9.17) is 21.1 Å². The molecule has 1 aromatic rings. The monoisotopic (exact) mass is 354 g/mol. The van der Waals surface area contributed by atoms with Gasteiger partial charge in [0.15, 0.2) is 11.5 Å². The number of rotatable bonds is 10. The molecule has 5 heteroatoms. The van der Waals surface area contributed by atoms with E-state index >= 15 is 0 Å². The number of benzene rings is 1. The topological polar surface area (TPSA) is 33.7 Å². The van der Waals surface area contributed by atoms with E-state index in [1.54, 1.807) is 0 Å². The quantitative estimate of drug-likeness (QED) is 0.685. The Bertz CT molecular complexity index is 510. The molecule has 0 aromatic heterocycles. The lowest BCUT2D eigenvalue weighted by molar-refractivity contribution is 0.259. The number of nitrogens with one attached hydrogen (secondary N) is 1. The molecule has 1 saturated heterocycles. The van der Waals surface area contributed by atoms with Gasteiger partial charge in [-0.15, -0.1) is 0 Å². The van der Waals surface area contributed by atoms with Gasteiger partial charge in [0.05, 0.1) is 18.2 Å². The van der Waals surface area contributed by atoms with E-state index < -0.39 is 0 Å². The molecule has 1 atom stereocenters. The molecule has 0 radical (unpaired) electrons. The predicted molar refractivity (Wildman–Crippen MR) is 100 cm³/mol. The van der Waals surface area contributed by atoms with Gasteiger partial charge in [-0.25, -0.2) is 0 Å². The van der Waals surface area contributed by atoms with Gasteiger partial charge >= 0.3 is 0 Å². The van der Waals surface area contributed by atoms with Crippen LogP contribution in [0, 0.1) is 0 Å². The number of ether oxygens (including phenoxy) is 2. The zero-order valence-electron chi connectivity index (χ0n) is 15.2. The van der Waals surface area contributed by atoms with Gasteiger partial charge in [0.1, 0.15) is 0 Å². The van der Waals surface area contributed by atoms with Crippen LogP contribution >= 0.6 is 11.6 Å². The number of likely N-dealkylation sites (tertiary alicyclic amines) is 1. The smallest absolute Gasteiger partial charge is 0.179 e. The van der Waals surface area contributed by atoms with E-state index in [0.717, 1.165) is 37.4 Å². The Hall–Kier alpha value is -0.970. The van der Waals surface area contributed by atoms with Crippen LogP contribution in [-0.2, 0) is 6.54 Å². The molecule has 1 N–H and O–H groups in total. The molecular formula is C19H31ClN2O2. The summed E-state index contributed by atoms with van der Waals surface area (Å²) in [7, 11) is 0. The van der Waals surface area contributed by atoms with Gasteiger partial charge in [-0.1, -0.05) is 25.4 Å². The Morgan fingerprint density at radius 2 is 2.08 bits per heavy atom. The SMILES string of the molecule is CCCOc1c(Cl)cc(CNC[C@@H]2CCCN2CC)cc1OCC. The minimum absolute atomic E-state index is 0.600. The molecule has 0 amide bonds. The predicted octanol–water partition coefficient (Wildman–Crippen LogP) is 4.10. The molecule has 24 heavy (non-hydrogen) atoms. The van der Waals surface area contributed by atoms with E-state index in [2.05, 4.69) is 24.1 Å². The second-order valence-corrected chi connectivity index (χ2v) is 6.65. The average Bonchev–Trinajstić information content (AvgIpc) is 3.02. The highest BCUT2D eigenvalue weighted by molar-refractivity contribution is 6.32. The van der Waals surface area contributed by atoms with Crippen molar-refractivity contribution in [2.45, 2.75) is 52.6 Å². The van der Waals surface area contributed by atoms with Gasteiger partial charge in [-0.2, -0.15) is 0 Å². The van der Waals surface area contributed by atoms with Crippen LogP contribution < -0.4 is 14.8 Å². The van der Waals surface area contributed by atoms with E-state index in [0.29, 0.717) is 30.0 Å². The summed E-state index contributed by atoms with van der Waals surface area (Å²) in [6.45, 7) is 11.7. The third-order valence-corrected chi connectivity index (χ3v) is 4.71. The zero-order chi connectivity index (χ0) is 17.4. The summed E-state index contributed by atoms with van der Waals surface area (Å²) in [4.78, 5) is 2.55. The summed E-state index contributed by atoms with van der Waals surface area (Å²) < 4.78 is 11.5. The Morgan fingerprint density at radius 1 is 1.25 bits per heavy atom. The van der Waals surface area contributed by atoms with Crippen LogP contribution in [0.1, 0.15) is 45.6 Å². The molecule has 1 fully saturated rings. The summed E-state index contributed by atoms with van der Waals surface area (Å²) in [6.07, 6.45) is 3.54. The molecule has 0 spiro atoms. The number of likely N-dealkylation sites (N-methyl/N-ethyl adjacent to an activating group) is 1. The van der Waals surface area contributed by atoms with Crippen molar-refractivity contribution in [1.29, 1.82) is 0 Å². The van der Waals surface area contributed by atoms with Gasteiger partial charge in [0.2, 0.25) is 0 Å². The molecule has 0 saturated carbocycles. The second kappa shape index (κ2) is 10.1. The molecular weight excluding hydrogens is 324 g/mol. The molecule has 136 valence electrons. The lowest BCUT2D eigenvalue weighted by Crippen LogP contribution is -2.37. The Balaban J connectivity index is 1.97. The largest absolute Gasteiger partial charge is 0.490 e. The molecule has 1 aliphatic rings. The maximum absolute atomic E-state index is 6.42. The zero-order valence-corrected chi connectivity index (χ0v) is 16.0. The molecule has 0 aliphatic carbocycles. The Morgan fingerprint density at radius 3 is 2.79 bits per heavy atom. The first-order valence-corrected chi connectivity index (χ1v) is 9.60. The fourth-order valence-electron chi connectivity index (χ4n) is 3.26. The van der Waals surface area contributed by atoms with Crippen molar-refractivity contribution in [3.8, 4) is 11.5 Å². The molecule has 1 heterocycles. The molecule has 0 bridgehead atoms. The summed E-state index contributed by atoms with van der Waals surface area (Å²) in [5, 5.41) is 4.20. The third kappa shape index (κ3) is 5.27. The van der Waals surface area contributed by atoms with E-state index in [1.165, 1.54) is 19.4 Å². The Kier molecular flexibility index (Phi) is 8.16. The second-order valence-electron chi connectivity index (χ2n) is 6.24. The normalized spacial score (nSPS) is 18.1. The van der Waals surface area contributed by atoms with E-state index in [1.807, 2.05) is 19.1 Å². The van der Waals surface area contributed by atoms with Crippen molar-refractivity contribution in [1.82, 2.24) is 10.2 Å². The van der Waals surface area contributed by atoms with Crippen molar-refractivity contribution >= 4 is 11.6 Å². The lowest BCUT2D eigenvalue weighted by atomic mass is 10.1. The van der Waals surface area contributed by atoms with Crippen molar-refractivity contribution in [2.24, 2.45) is 0 Å². The molecule has 1 aromatic carbocycles. The van der Waals surface area contributed by atoms with Crippen molar-refractivity contribution < 1.29 is 9.47 Å². The first-order valence-electron chi connectivity index (χ1n) is 9.22. The first kappa shape index (κ1) is 19.4. The summed E-state index contributed by atoms with van der Waals surface area (Å²) in [5.74, 6) is 1.41. The molecule has 2 rings (SSSR count). The van der Waals surface area contributed by atoms with Gasteiger partial charge < -0.3 is 14.8 Å². The van der Waals surface area contributed by atoms with E-state index in [9.17, 15) is 0 Å².